The van der Waals surface area contributed by atoms with Crippen molar-refractivity contribution < 1.29 is 4.79 Å². The molecule has 1 fully saturated rings. The van der Waals surface area contributed by atoms with Gasteiger partial charge in [-0.3, -0.25) is 9.69 Å². The molecule has 34 heavy (non-hydrogen) atoms. The number of para-hydroxylation sites is 1. The van der Waals surface area contributed by atoms with E-state index < -0.39 is 5.41 Å². The van der Waals surface area contributed by atoms with Crippen LogP contribution in [0, 0.1) is 12.3 Å². The number of anilines is 2. The summed E-state index contributed by atoms with van der Waals surface area (Å²) in [6, 6.07) is 27.4. The summed E-state index contributed by atoms with van der Waals surface area (Å²) in [5.41, 5.74) is 6.10. The molecule has 2 atom stereocenters. The number of carbonyl (C=O) groups is 1. The lowest BCUT2D eigenvalue weighted by Crippen LogP contribution is -2.66. The molecule has 3 aliphatic rings. The molecular formula is C29H30N4O. The van der Waals surface area contributed by atoms with Gasteiger partial charge in [0.2, 0.25) is 0 Å². The number of hydrazone groups is 1. The van der Waals surface area contributed by atoms with Gasteiger partial charge < -0.3 is 4.90 Å². The molecule has 0 aliphatic carbocycles. The van der Waals surface area contributed by atoms with Gasteiger partial charge in [-0.2, -0.15) is 10.1 Å². The Kier molecular flexibility index (Phi) is 5.03. The molecule has 3 aromatic rings. The third-order valence-corrected chi connectivity index (χ3v) is 7.80. The predicted octanol–water partition coefficient (Wildman–Crippen LogP) is 4.65. The summed E-state index contributed by atoms with van der Waals surface area (Å²) in [4.78, 5) is 19.3. The topological polar surface area (TPSA) is 39.2 Å². The zero-order valence-electron chi connectivity index (χ0n) is 19.8. The molecule has 3 aromatic carbocycles. The molecule has 3 heterocycles. The van der Waals surface area contributed by atoms with Gasteiger partial charge in [-0.05, 0) is 49.6 Å². The van der Waals surface area contributed by atoms with Crippen LogP contribution in [0.15, 0.2) is 84.0 Å². The number of benzene rings is 3. The second-order valence-corrected chi connectivity index (χ2v) is 9.84. The molecular weight excluding hydrogens is 420 g/mol. The Morgan fingerprint density at radius 3 is 2.44 bits per heavy atom. The number of rotatable bonds is 3. The Balaban J connectivity index is 1.39. The molecule has 5 heteroatoms. The van der Waals surface area contributed by atoms with E-state index in [0.29, 0.717) is 6.42 Å². The van der Waals surface area contributed by atoms with Gasteiger partial charge in [0.05, 0.1) is 17.4 Å². The van der Waals surface area contributed by atoms with Crippen LogP contribution in [0.3, 0.4) is 0 Å². The van der Waals surface area contributed by atoms with Gasteiger partial charge in [-0.25, -0.2) is 0 Å². The lowest BCUT2D eigenvalue weighted by molar-refractivity contribution is -0.125. The molecule has 172 valence electrons. The fourth-order valence-electron chi connectivity index (χ4n) is 5.97. The molecule has 1 spiro atoms. The summed E-state index contributed by atoms with van der Waals surface area (Å²) < 4.78 is 0. The van der Waals surface area contributed by atoms with E-state index in [9.17, 15) is 4.79 Å². The van der Waals surface area contributed by atoms with Crippen LogP contribution < -0.4 is 9.91 Å². The third kappa shape index (κ3) is 3.26. The lowest BCUT2D eigenvalue weighted by atomic mass is 9.67. The second-order valence-electron chi connectivity index (χ2n) is 9.84. The Labute approximate surface area is 201 Å². The summed E-state index contributed by atoms with van der Waals surface area (Å²) >= 11 is 0. The number of nitrogens with zero attached hydrogens (tertiary/aromatic N) is 4. The van der Waals surface area contributed by atoms with Gasteiger partial charge >= 0.3 is 0 Å². The van der Waals surface area contributed by atoms with Crippen LogP contribution in [-0.4, -0.2) is 42.2 Å². The Bertz CT molecular complexity index is 1250. The molecule has 0 bridgehead atoms. The standard InChI is InChI=1S/C29H30N4O/c1-21-12-14-25(15-13-21)33-28(34)29(22(2)30-33)18-24-10-6-7-11-26(24)32-17-16-31(20-27(29)32)19-23-8-4-3-5-9-23/h3-15,27H,16-20H2,1-2H3/t27-,29+/m1/s1. The van der Waals surface area contributed by atoms with Gasteiger partial charge in [-0.15, -0.1) is 0 Å². The summed E-state index contributed by atoms with van der Waals surface area (Å²) in [6.07, 6.45) is 0.694. The average Bonchev–Trinajstić information content (AvgIpc) is 3.11. The largest absolute Gasteiger partial charge is 0.364 e. The van der Waals surface area contributed by atoms with Crippen LogP contribution in [0.25, 0.3) is 0 Å². The Hall–Kier alpha value is -3.44. The van der Waals surface area contributed by atoms with Crippen LogP contribution in [0.4, 0.5) is 11.4 Å². The van der Waals surface area contributed by atoms with Crippen molar-refractivity contribution in [2.75, 3.05) is 29.5 Å². The quantitative estimate of drug-likeness (QED) is 0.583. The van der Waals surface area contributed by atoms with Crippen LogP contribution in [0.5, 0.6) is 0 Å². The van der Waals surface area contributed by atoms with E-state index in [-0.39, 0.29) is 11.9 Å². The number of aryl methyl sites for hydroxylation is 1. The molecule has 0 unspecified atom stereocenters. The first kappa shape index (κ1) is 21.1. The van der Waals surface area contributed by atoms with E-state index >= 15 is 0 Å². The number of piperazine rings is 1. The van der Waals surface area contributed by atoms with E-state index in [1.807, 2.05) is 31.2 Å². The van der Waals surface area contributed by atoms with E-state index in [1.54, 1.807) is 5.01 Å². The van der Waals surface area contributed by atoms with Crippen molar-refractivity contribution >= 4 is 23.0 Å². The first-order chi connectivity index (χ1) is 16.6. The molecule has 3 aliphatic heterocycles. The lowest BCUT2D eigenvalue weighted by Gasteiger charge is -2.53. The zero-order valence-corrected chi connectivity index (χ0v) is 19.8. The predicted molar refractivity (Wildman–Crippen MR) is 137 cm³/mol. The number of carbonyl (C=O) groups excluding carboxylic acids is 1. The summed E-state index contributed by atoms with van der Waals surface area (Å²) in [5.74, 6) is 0.0971. The maximum Gasteiger partial charge on any atom is 0.261 e. The molecule has 1 saturated heterocycles. The molecule has 0 saturated carbocycles. The van der Waals surface area contributed by atoms with Gasteiger partial charge in [0.15, 0.2) is 0 Å². The highest BCUT2D eigenvalue weighted by Gasteiger charge is 2.59. The van der Waals surface area contributed by atoms with Crippen molar-refractivity contribution in [1.82, 2.24) is 4.90 Å². The SMILES string of the molecule is CC1=NN(c2ccc(C)cc2)C(=O)[C@@]12Cc1ccccc1N1CCN(Cc3ccccc3)C[C@@H]12. The summed E-state index contributed by atoms with van der Waals surface area (Å²) in [7, 11) is 0. The Morgan fingerprint density at radius 2 is 1.65 bits per heavy atom. The first-order valence-electron chi connectivity index (χ1n) is 12.1. The minimum absolute atomic E-state index is 0.0477. The van der Waals surface area contributed by atoms with E-state index in [2.05, 4.69) is 71.3 Å². The van der Waals surface area contributed by atoms with Crippen molar-refractivity contribution in [2.45, 2.75) is 32.9 Å². The van der Waals surface area contributed by atoms with Crippen molar-refractivity contribution in [3.05, 3.63) is 95.6 Å². The van der Waals surface area contributed by atoms with Crippen molar-refractivity contribution in [1.29, 1.82) is 0 Å². The fourth-order valence-corrected chi connectivity index (χ4v) is 5.97. The molecule has 0 aromatic heterocycles. The highest BCUT2D eigenvalue weighted by atomic mass is 16.2. The monoisotopic (exact) mass is 450 g/mol. The smallest absolute Gasteiger partial charge is 0.261 e. The maximum absolute atomic E-state index is 14.3. The highest BCUT2D eigenvalue weighted by molar-refractivity contribution is 6.20. The second kappa shape index (κ2) is 8.10. The van der Waals surface area contributed by atoms with E-state index in [0.717, 1.165) is 37.6 Å². The molecule has 0 N–H and O–H groups in total. The maximum atomic E-state index is 14.3. The van der Waals surface area contributed by atoms with Crippen LogP contribution >= 0.6 is 0 Å². The molecule has 0 radical (unpaired) electrons. The average molecular weight is 451 g/mol. The van der Waals surface area contributed by atoms with Gasteiger partial charge in [0, 0.05) is 31.9 Å². The molecule has 6 rings (SSSR count). The van der Waals surface area contributed by atoms with Crippen LogP contribution in [0.1, 0.15) is 23.6 Å². The number of hydrogen-bond donors (Lipinski definition) is 0. The molecule has 5 nitrogen and oxygen atoms in total. The van der Waals surface area contributed by atoms with E-state index in [4.69, 9.17) is 5.10 Å². The van der Waals surface area contributed by atoms with Crippen molar-refractivity contribution in [2.24, 2.45) is 10.5 Å². The summed E-state index contributed by atoms with van der Waals surface area (Å²) in [5, 5.41) is 6.52. The number of amides is 1. The number of hydrogen-bond acceptors (Lipinski definition) is 4. The minimum Gasteiger partial charge on any atom is -0.364 e. The normalized spacial score (nSPS) is 24.2. The van der Waals surface area contributed by atoms with Crippen LogP contribution in [-0.2, 0) is 17.8 Å². The van der Waals surface area contributed by atoms with Crippen molar-refractivity contribution in [3.8, 4) is 0 Å². The van der Waals surface area contributed by atoms with Gasteiger partial charge in [0.25, 0.3) is 5.91 Å². The fraction of sp³-hybridized carbons (Fsp3) is 0.310. The highest BCUT2D eigenvalue weighted by Crippen LogP contribution is 2.48. The Morgan fingerprint density at radius 1 is 0.912 bits per heavy atom. The number of fused-ring (bicyclic) bond motifs is 4. The van der Waals surface area contributed by atoms with Gasteiger partial charge in [-0.1, -0.05) is 66.2 Å². The summed E-state index contributed by atoms with van der Waals surface area (Å²) in [6.45, 7) is 7.72. The van der Waals surface area contributed by atoms with E-state index in [1.165, 1.54) is 22.4 Å². The zero-order chi connectivity index (χ0) is 23.3. The third-order valence-electron chi connectivity index (χ3n) is 7.80. The van der Waals surface area contributed by atoms with Crippen LogP contribution in [0.2, 0.25) is 0 Å². The van der Waals surface area contributed by atoms with Crippen molar-refractivity contribution in [3.63, 3.8) is 0 Å². The molecule has 1 amide bonds. The van der Waals surface area contributed by atoms with Gasteiger partial charge in [0.1, 0.15) is 5.41 Å². The first-order valence-corrected chi connectivity index (χ1v) is 12.1. The minimum atomic E-state index is -0.658.